The molecule has 26 heavy (non-hydrogen) atoms. The zero-order valence-electron chi connectivity index (χ0n) is 15.8. The van der Waals surface area contributed by atoms with Crippen LogP contribution < -0.4 is 0 Å². The summed E-state index contributed by atoms with van der Waals surface area (Å²) in [5.41, 5.74) is 6.48. The lowest BCUT2D eigenvalue weighted by molar-refractivity contribution is -0.143. The molecule has 3 nitrogen and oxygen atoms in total. The molecule has 134 valence electrons. The van der Waals surface area contributed by atoms with Crippen molar-refractivity contribution in [2.75, 3.05) is 7.11 Å². The molecule has 0 fully saturated rings. The van der Waals surface area contributed by atoms with Crippen LogP contribution in [0.1, 0.15) is 35.2 Å². The number of hydrogen-bond acceptors (Lipinski definition) is 2. The predicted octanol–water partition coefficient (Wildman–Crippen LogP) is 5.25. The first-order chi connectivity index (χ1) is 12.5. The van der Waals surface area contributed by atoms with Crippen molar-refractivity contribution >= 4 is 22.9 Å². The molecule has 4 rings (SSSR count). The van der Waals surface area contributed by atoms with E-state index in [9.17, 15) is 4.79 Å². The van der Waals surface area contributed by atoms with Gasteiger partial charge in [-0.25, -0.2) is 4.79 Å². The first kappa shape index (κ1) is 18.0. The highest BCUT2D eigenvalue weighted by molar-refractivity contribution is 5.84. The number of allylic oxidation sites excluding steroid dienone is 1. The lowest BCUT2D eigenvalue weighted by atomic mass is 10.1. The highest BCUT2D eigenvalue weighted by Gasteiger charge is 2.16. The number of aromatic nitrogens is 1. The van der Waals surface area contributed by atoms with Gasteiger partial charge in [-0.2, -0.15) is 0 Å². The van der Waals surface area contributed by atoms with Crippen LogP contribution in [0, 0.1) is 13.8 Å². The van der Waals surface area contributed by atoms with E-state index in [1.165, 1.54) is 29.4 Å². The van der Waals surface area contributed by atoms with Crippen LogP contribution in [0.2, 0.25) is 0 Å². The Kier molecular flexibility index (Phi) is 5.27. The van der Waals surface area contributed by atoms with Gasteiger partial charge in [0, 0.05) is 11.7 Å². The third kappa shape index (κ3) is 3.72. The van der Waals surface area contributed by atoms with Gasteiger partial charge < -0.3 is 9.30 Å². The SMILES string of the molecule is COC(=O)C(C)n1ccc2ccc(C)cc21.Cc1ccc2c(c1)CC=C2. The van der Waals surface area contributed by atoms with E-state index in [4.69, 9.17) is 4.74 Å². The Labute approximate surface area is 154 Å². The molecule has 0 amide bonds. The van der Waals surface area contributed by atoms with E-state index in [1.54, 1.807) is 0 Å². The van der Waals surface area contributed by atoms with Gasteiger partial charge in [-0.3, -0.25) is 0 Å². The molecule has 0 saturated heterocycles. The number of nitrogens with zero attached hydrogens (tertiary/aromatic N) is 1. The van der Waals surface area contributed by atoms with Gasteiger partial charge in [0.15, 0.2) is 0 Å². The van der Waals surface area contributed by atoms with E-state index >= 15 is 0 Å². The number of carbonyl (C=O) groups excluding carboxylic acids is 1. The van der Waals surface area contributed by atoms with Crippen molar-refractivity contribution in [3.63, 3.8) is 0 Å². The molecular weight excluding hydrogens is 322 g/mol. The smallest absolute Gasteiger partial charge is 0.328 e. The third-order valence-corrected chi connectivity index (χ3v) is 4.77. The normalized spacial score (nSPS) is 13.1. The van der Waals surface area contributed by atoms with E-state index in [1.807, 2.05) is 30.7 Å². The maximum atomic E-state index is 11.5. The van der Waals surface area contributed by atoms with Crippen LogP contribution >= 0.6 is 0 Å². The second-order valence-corrected chi connectivity index (χ2v) is 6.79. The minimum atomic E-state index is -0.288. The van der Waals surface area contributed by atoms with Crippen molar-refractivity contribution in [1.82, 2.24) is 4.57 Å². The Morgan fingerprint density at radius 1 is 1.08 bits per heavy atom. The first-order valence-electron chi connectivity index (χ1n) is 8.90. The van der Waals surface area contributed by atoms with Crippen molar-refractivity contribution in [3.05, 3.63) is 77.0 Å². The summed E-state index contributed by atoms with van der Waals surface area (Å²) in [7, 11) is 1.41. The van der Waals surface area contributed by atoms with Gasteiger partial charge in [-0.1, -0.05) is 48.0 Å². The van der Waals surface area contributed by atoms with Crippen molar-refractivity contribution < 1.29 is 9.53 Å². The Morgan fingerprint density at radius 3 is 2.58 bits per heavy atom. The average molecular weight is 347 g/mol. The Hall–Kier alpha value is -2.81. The Bertz CT molecular complexity index is 965. The Balaban J connectivity index is 0.000000167. The molecule has 0 aliphatic heterocycles. The summed E-state index contributed by atoms with van der Waals surface area (Å²) in [4.78, 5) is 11.5. The van der Waals surface area contributed by atoms with Crippen LogP contribution in [0.3, 0.4) is 0 Å². The van der Waals surface area contributed by atoms with Gasteiger partial charge >= 0.3 is 5.97 Å². The molecule has 0 radical (unpaired) electrons. The fraction of sp³-hybridized carbons (Fsp3) is 0.261. The van der Waals surface area contributed by atoms with Crippen molar-refractivity contribution in [1.29, 1.82) is 0 Å². The maximum absolute atomic E-state index is 11.5. The molecule has 1 heterocycles. The van der Waals surface area contributed by atoms with Gasteiger partial charge in [-0.05, 0) is 61.4 Å². The van der Waals surface area contributed by atoms with Gasteiger partial charge in [0.25, 0.3) is 0 Å². The molecule has 0 saturated carbocycles. The van der Waals surface area contributed by atoms with Crippen LogP contribution in [0.4, 0.5) is 0 Å². The minimum Gasteiger partial charge on any atom is -0.467 e. The molecule has 3 aromatic rings. The number of hydrogen-bond donors (Lipinski definition) is 0. The molecular formula is C23H25NO2. The van der Waals surface area contributed by atoms with Crippen LogP contribution in [-0.2, 0) is 16.0 Å². The molecule has 0 spiro atoms. The predicted molar refractivity (Wildman–Crippen MR) is 107 cm³/mol. The molecule has 0 bridgehead atoms. The van der Waals surface area contributed by atoms with Gasteiger partial charge in [-0.15, -0.1) is 0 Å². The monoisotopic (exact) mass is 347 g/mol. The summed E-state index contributed by atoms with van der Waals surface area (Å²) in [6.45, 7) is 6.02. The second-order valence-electron chi connectivity index (χ2n) is 6.79. The highest BCUT2D eigenvalue weighted by atomic mass is 16.5. The van der Waals surface area contributed by atoms with Crippen LogP contribution in [0.15, 0.2) is 54.7 Å². The number of esters is 1. The van der Waals surface area contributed by atoms with E-state index < -0.39 is 0 Å². The number of rotatable bonds is 2. The number of benzene rings is 2. The summed E-state index contributed by atoms with van der Waals surface area (Å²) >= 11 is 0. The summed E-state index contributed by atoms with van der Waals surface area (Å²) in [5.74, 6) is -0.223. The molecule has 1 aliphatic carbocycles. The number of fused-ring (bicyclic) bond motifs is 2. The first-order valence-corrected chi connectivity index (χ1v) is 8.90. The summed E-state index contributed by atoms with van der Waals surface area (Å²) < 4.78 is 6.69. The standard InChI is InChI=1S/C13H15NO2.C10H10/c1-9-4-5-11-6-7-14(12(11)8-9)10(2)13(15)16-3;1-8-5-6-9-3-2-4-10(9)7-8/h4-8,10H,1-3H3;2-3,5-7H,4H2,1H3. The Morgan fingerprint density at radius 2 is 1.81 bits per heavy atom. The molecule has 2 aromatic carbocycles. The zero-order chi connectivity index (χ0) is 18.7. The van der Waals surface area contributed by atoms with E-state index in [2.05, 4.69) is 55.5 Å². The van der Waals surface area contributed by atoms with Crippen molar-refractivity contribution in [2.24, 2.45) is 0 Å². The van der Waals surface area contributed by atoms with Crippen molar-refractivity contribution in [2.45, 2.75) is 33.2 Å². The lowest BCUT2D eigenvalue weighted by Gasteiger charge is -2.12. The lowest BCUT2D eigenvalue weighted by Crippen LogP contribution is -2.16. The quantitative estimate of drug-likeness (QED) is 0.593. The molecule has 0 N–H and O–H groups in total. The number of ether oxygens (including phenoxy) is 1. The minimum absolute atomic E-state index is 0.223. The number of carbonyl (C=O) groups is 1. The molecule has 1 aliphatic rings. The van der Waals surface area contributed by atoms with Crippen LogP contribution in [0.25, 0.3) is 17.0 Å². The largest absolute Gasteiger partial charge is 0.467 e. The van der Waals surface area contributed by atoms with Crippen LogP contribution in [0.5, 0.6) is 0 Å². The molecule has 1 atom stereocenters. The average Bonchev–Trinajstić information content (AvgIpc) is 3.26. The molecule has 1 unspecified atom stereocenters. The third-order valence-electron chi connectivity index (χ3n) is 4.77. The number of aryl methyl sites for hydroxylation is 2. The van der Waals surface area contributed by atoms with Crippen LogP contribution in [-0.4, -0.2) is 17.6 Å². The zero-order valence-corrected chi connectivity index (χ0v) is 15.8. The molecule has 1 aromatic heterocycles. The molecule has 3 heteroatoms. The summed E-state index contributed by atoms with van der Waals surface area (Å²) in [6.07, 6.45) is 7.45. The maximum Gasteiger partial charge on any atom is 0.328 e. The second kappa shape index (κ2) is 7.61. The summed E-state index contributed by atoms with van der Waals surface area (Å²) in [5, 5.41) is 1.14. The van der Waals surface area contributed by atoms with E-state index in [-0.39, 0.29) is 12.0 Å². The highest BCUT2D eigenvalue weighted by Crippen LogP contribution is 2.22. The van der Waals surface area contributed by atoms with Gasteiger partial charge in [0.05, 0.1) is 7.11 Å². The van der Waals surface area contributed by atoms with E-state index in [0.29, 0.717) is 0 Å². The van der Waals surface area contributed by atoms with Gasteiger partial charge in [0.1, 0.15) is 6.04 Å². The fourth-order valence-corrected chi connectivity index (χ4v) is 3.27. The topological polar surface area (TPSA) is 31.2 Å². The van der Waals surface area contributed by atoms with Gasteiger partial charge in [0.2, 0.25) is 0 Å². The fourth-order valence-electron chi connectivity index (χ4n) is 3.27. The number of methoxy groups -OCH3 is 1. The van der Waals surface area contributed by atoms with E-state index in [0.717, 1.165) is 17.3 Å². The summed E-state index contributed by atoms with van der Waals surface area (Å²) in [6, 6.07) is 14.5. The van der Waals surface area contributed by atoms with Crippen molar-refractivity contribution in [3.8, 4) is 0 Å².